The zero-order chi connectivity index (χ0) is 38.7. The molecular formula is C41H49IN4O7. The molecule has 282 valence electrons. The summed E-state index contributed by atoms with van der Waals surface area (Å²) in [4.78, 5) is 56.3. The number of rotatable bonds is 19. The number of carbonyl (C=O) groups excluding carboxylic acids is 2. The highest BCUT2D eigenvalue weighted by Crippen LogP contribution is 2.21. The maximum Gasteiger partial charge on any atom is 0.330 e. The quantitative estimate of drug-likeness (QED) is 0.0481. The summed E-state index contributed by atoms with van der Waals surface area (Å²) in [6, 6.07) is 19.1. The van der Waals surface area contributed by atoms with Gasteiger partial charge < -0.3 is 19.5 Å². The van der Waals surface area contributed by atoms with Gasteiger partial charge in [-0.2, -0.15) is 0 Å². The number of hydrogen-bond acceptors (Lipinski definition) is 8. The first-order chi connectivity index (χ1) is 25.2. The molecule has 4 rings (SSSR count). The second-order valence-corrected chi connectivity index (χ2v) is 15.6. The molecule has 12 heteroatoms. The number of aromatic nitrogens is 2. The Labute approximate surface area is 324 Å². The fourth-order valence-electron chi connectivity index (χ4n) is 6.04. The number of aliphatic carboxylic acids is 2. The van der Waals surface area contributed by atoms with Gasteiger partial charge >= 0.3 is 23.9 Å². The van der Waals surface area contributed by atoms with Crippen molar-refractivity contribution in [3.05, 3.63) is 111 Å². The van der Waals surface area contributed by atoms with Crippen molar-refractivity contribution in [3.8, 4) is 11.1 Å². The van der Waals surface area contributed by atoms with E-state index in [1.165, 1.54) is 0 Å². The highest BCUT2D eigenvalue weighted by Gasteiger charge is 2.34. The number of aryl methyl sites for hydroxylation is 1. The average molecular weight is 837 g/mol. The number of nitrogens with one attached hydrogen (secondary N) is 2. The van der Waals surface area contributed by atoms with E-state index >= 15 is 0 Å². The summed E-state index contributed by atoms with van der Waals surface area (Å²) in [5, 5.41) is 26.2. The molecule has 0 aliphatic rings. The molecule has 0 spiro atoms. The smallest absolute Gasteiger partial charge is 0.330 e. The monoisotopic (exact) mass is 836 g/mol. The van der Waals surface area contributed by atoms with Crippen molar-refractivity contribution in [2.75, 3.05) is 0 Å². The van der Waals surface area contributed by atoms with Gasteiger partial charge in [-0.1, -0.05) is 93.9 Å². The molecule has 0 saturated carbocycles. The normalized spacial score (nSPS) is 13.7. The van der Waals surface area contributed by atoms with Crippen LogP contribution in [0.4, 0.5) is 0 Å². The van der Waals surface area contributed by atoms with Crippen LogP contribution in [0.25, 0.3) is 11.1 Å². The number of carboxylic acid groups (broad SMARTS) is 2. The number of ether oxygens (including phenoxy) is 1. The van der Waals surface area contributed by atoms with Crippen LogP contribution in [0.2, 0.25) is 0 Å². The molecule has 0 amide bonds. The molecule has 4 aromatic rings. The van der Waals surface area contributed by atoms with Crippen molar-refractivity contribution in [3.63, 3.8) is 0 Å². The van der Waals surface area contributed by atoms with E-state index in [9.17, 15) is 29.4 Å². The van der Waals surface area contributed by atoms with Crippen molar-refractivity contribution < 1.29 is 34.1 Å². The lowest BCUT2D eigenvalue weighted by molar-refractivity contribution is -0.163. The zero-order valence-electron chi connectivity index (χ0n) is 30.8. The Morgan fingerprint density at radius 1 is 0.698 bits per heavy atom. The molecule has 0 bridgehead atoms. The molecule has 3 aromatic carbocycles. The largest absolute Gasteiger partial charge is 0.480 e. The van der Waals surface area contributed by atoms with Crippen LogP contribution < -0.4 is 10.6 Å². The summed E-state index contributed by atoms with van der Waals surface area (Å²) in [5.41, 5.74) is 5.63. The van der Waals surface area contributed by atoms with E-state index in [0.29, 0.717) is 12.2 Å². The summed E-state index contributed by atoms with van der Waals surface area (Å²) >= 11 is 2.23. The second-order valence-electron chi connectivity index (χ2n) is 14.3. The first-order valence-electron chi connectivity index (χ1n) is 17.8. The molecule has 11 nitrogen and oxygen atoms in total. The van der Waals surface area contributed by atoms with Crippen molar-refractivity contribution in [1.82, 2.24) is 20.2 Å². The number of benzene rings is 3. The number of hydrogen-bond donors (Lipinski definition) is 4. The number of imidazole rings is 1. The minimum Gasteiger partial charge on any atom is -0.480 e. The topological polar surface area (TPSA) is 160 Å². The number of esters is 2. The molecule has 0 aliphatic carbocycles. The van der Waals surface area contributed by atoms with E-state index in [4.69, 9.17) is 4.74 Å². The van der Waals surface area contributed by atoms with Gasteiger partial charge in [-0.3, -0.25) is 20.2 Å². The van der Waals surface area contributed by atoms with Gasteiger partial charge in [0.1, 0.15) is 24.2 Å². The van der Waals surface area contributed by atoms with Crippen LogP contribution >= 0.6 is 22.6 Å². The maximum absolute atomic E-state index is 13.6. The summed E-state index contributed by atoms with van der Waals surface area (Å²) in [7, 11) is 0. The van der Waals surface area contributed by atoms with Crippen molar-refractivity contribution in [2.24, 2.45) is 11.8 Å². The standard InChI is InChI=1S/C41H49IN4O7/c1-25(2)18-36(44-34(38(47)48)20-28-8-14-31(15-9-28)30-12-6-27(5)7-13-30)40(51)53-41(52)37(19-26(3)4)45-35(39(49)50)21-33-22-43-24-46(33)23-29-10-16-32(42)17-11-29/h6-17,22,24-26,34-37,44-45H,18-21,23H2,1-5H3,(H,47,48)(H,49,50). The predicted molar refractivity (Wildman–Crippen MR) is 211 cm³/mol. The van der Waals surface area contributed by atoms with Crippen LogP contribution in [0, 0.1) is 22.3 Å². The molecule has 0 fully saturated rings. The molecule has 53 heavy (non-hydrogen) atoms. The summed E-state index contributed by atoms with van der Waals surface area (Å²) in [6.45, 7) is 10.0. The molecule has 4 unspecified atom stereocenters. The Hall–Kier alpha value is -4.40. The minimum atomic E-state index is -1.19. The van der Waals surface area contributed by atoms with Gasteiger partial charge in [0.2, 0.25) is 0 Å². The van der Waals surface area contributed by atoms with E-state index in [2.05, 4.69) is 38.2 Å². The first-order valence-corrected chi connectivity index (χ1v) is 18.9. The van der Waals surface area contributed by atoms with Crippen LogP contribution in [0.5, 0.6) is 0 Å². The molecule has 4 N–H and O–H groups in total. The lowest BCUT2D eigenvalue weighted by Crippen LogP contribution is -2.52. The van der Waals surface area contributed by atoms with Gasteiger partial charge in [0, 0.05) is 28.4 Å². The Balaban J connectivity index is 1.45. The van der Waals surface area contributed by atoms with Gasteiger partial charge in [-0.15, -0.1) is 0 Å². The molecule has 0 aliphatic heterocycles. The van der Waals surface area contributed by atoms with Gasteiger partial charge in [-0.05, 0) is 95.0 Å². The minimum absolute atomic E-state index is 0.0271. The van der Waals surface area contributed by atoms with Gasteiger partial charge in [0.05, 0.1) is 6.33 Å². The van der Waals surface area contributed by atoms with E-state index in [1.54, 1.807) is 12.5 Å². The van der Waals surface area contributed by atoms with E-state index in [-0.39, 0.29) is 37.5 Å². The highest BCUT2D eigenvalue weighted by molar-refractivity contribution is 14.1. The third-order valence-electron chi connectivity index (χ3n) is 8.84. The van der Waals surface area contributed by atoms with Gasteiger partial charge in [0.25, 0.3) is 0 Å². The summed E-state index contributed by atoms with van der Waals surface area (Å²) < 4.78 is 8.36. The second kappa shape index (κ2) is 19.6. The molecule has 4 atom stereocenters. The van der Waals surface area contributed by atoms with E-state index in [1.807, 2.05) is 112 Å². The van der Waals surface area contributed by atoms with Crippen LogP contribution in [-0.2, 0) is 43.3 Å². The molecule has 1 aromatic heterocycles. The third kappa shape index (κ3) is 12.9. The maximum atomic E-state index is 13.6. The number of carbonyl (C=O) groups is 4. The van der Waals surface area contributed by atoms with Crippen LogP contribution in [0.15, 0.2) is 85.3 Å². The number of carboxylic acids is 2. The molecule has 1 heterocycles. The summed E-state index contributed by atoms with van der Waals surface area (Å²) in [5.74, 6) is -4.24. The highest BCUT2D eigenvalue weighted by atomic mass is 127. The molecule has 0 radical (unpaired) electrons. The van der Waals surface area contributed by atoms with E-state index < -0.39 is 48.0 Å². The van der Waals surface area contributed by atoms with E-state index in [0.717, 1.165) is 31.4 Å². The Bertz CT molecular complexity index is 1820. The first kappa shape index (κ1) is 41.4. The Morgan fingerprint density at radius 3 is 1.66 bits per heavy atom. The van der Waals surface area contributed by atoms with Crippen molar-refractivity contribution in [1.29, 1.82) is 0 Å². The summed E-state index contributed by atoms with van der Waals surface area (Å²) in [6.07, 6.45) is 3.78. The van der Waals surface area contributed by atoms with Gasteiger partial charge in [-0.25, -0.2) is 14.6 Å². The van der Waals surface area contributed by atoms with Crippen LogP contribution in [-0.4, -0.2) is 67.8 Å². The molecular weight excluding hydrogens is 787 g/mol. The predicted octanol–water partition coefficient (Wildman–Crippen LogP) is 6.28. The van der Waals surface area contributed by atoms with Gasteiger partial charge in [0.15, 0.2) is 0 Å². The Morgan fingerprint density at radius 2 is 1.17 bits per heavy atom. The molecule has 0 saturated heterocycles. The Kier molecular flexibility index (Phi) is 15.3. The van der Waals surface area contributed by atoms with Crippen LogP contribution in [0.3, 0.4) is 0 Å². The fraction of sp³-hybridized carbons (Fsp3) is 0.390. The zero-order valence-corrected chi connectivity index (χ0v) is 32.9. The van der Waals surface area contributed by atoms with Crippen LogP contribution in [0.1, 0.15) is 62.9 Å². The van der Waals surface area contributed by atoms with Crippen molar-refractivity contribution in [2.45, 2.75) is 91.0 Å². The SMILES string of the molecule is Cc1ccc(-c2ccc(CC(NC(CC(C)C)C(=O)OC(=O)C(CC(C)C)NC(Cc3cncn3Cc3ccc(I)cc3)C(=O)O)C(=O)O)cc2)cc1. The third-order valence-corrected chi connectivity index (χ3v) is 9.56. The average Bonchev–Trinajstić information content (AvgIpc) is 3.54. The van der Waals surface area contributed by atoms with Crippen molar-refractivity contribution >= 4 is 46.5 Å². The lowest BCUT2D eigenvalue weighted by atomic mass is 9.98. The number of halogens is 1. The fourth-order valence-corrected chi connectivity index (χ4v) is 6.40. The lowest BCUT2D eigenvalue weighted by Gasteiger charge is -2.26. The number of nitrogens with zero attached hydrogens (tertiary/aromatic N) is 2.